The van der Waals surface area contributed by atoms with Gasteiger partial charge >= 0.3 is 0 Å². The molecule has 1 fully saturated rings. The van der Waals surface area contributed by atoms with Crippen LogP contribution in [0.1, 0.15) is 12.8 Å². The zero-order valence-corrected chi connectivity index (χ0v) is 13.1. The molecule has 2 heterocycles. The van der Waals surface area contributed by atoms with Crippen molar-refractivity contribution in [3.8, 4) is 0 Å². The molecule has 1 aliphatic rings. The number of aryl methyl sites for hydroxylation is 1. The molecule has 0 aliphatic carbocycles. The minimum absolute atomic E-state index is 0.0557. The summed E-state index contributed by atoms with van der Waals surface area (Å²) < 4.78 is 27.9. The van der Waals surface area contributed by atoms with Crippen molar-refractivity contribution in [1.29, 1.82) is 0 Å². The summed E-state index contributed by atoms with van der Waals surface area (Å²) in [5.41, 5.74) is 0. The number of piperidine rings is 1. The van der Waals surface area contributed by atoms with E-state index in [0.29, 0.717) is 0 Å². The third-order valence-electron chi connectivity index (χ3n) is 2.94. The zero-order valence-electron chi connectivity index (χ0n) is 10.7. The summed E-state index contributed by atoms with van der Waals surface area (Å²) >= 11 is 2.99. The normalized spacial score (nSPS) is 20.6. The van der Waals surface area contributed by atoms with Gasteiger partial charge in [0.15, 0.2) is 4.60 Å². The second-order valence-electron chi connectivity index (χ2n) is 4.31. The van der Waals surface area contributed by atoms with Crippen LogP contribution in [0.25, 0.3) is 0 Å². The van der Waals surface area contributed by atoms with Gasteiger partial charge in [-0.25, -0.2) is 13.1 Å². The molecule has 11 heteroatoms. The van der Waals surface area contributed by atoms with Gasteiger partial charge in [-0.3, -0.25) is 14.5 Å². The smallest absolute Gasteiger partial charge is 0.261 e. The average molecular weight is 366 g/mol. The van der Waals surface area contributed by atoms with E-state index in [4.69, 9.17) is 0 Å². The maximum Gasteiger partial charge on any atom is 0.261 e. The van der Waals surface area contributed by atoms with Gasteiger partial charge in [0, 0.05) is 20.5 Å². The molecule has 2 rings (SSSR count). The highest BCUT2D eigenvalue weighted by Crippen LogP contribution is 2.20. The summed E-state index contributed by atoms with van der Waals surface area (Å²) in [6.07, 6.45) is 0.240. The Morgan fingerprint density at radius 2 is 2.00 bits per heavy atom. The number of amides is 2. The molecule has 0 radical (unpaired) electrons. The molecule has 1 unspecified atom stereocenters. The molecular formula is C9H12BrN5O4S. The fourth-order valence-corrected chi connectivity index (χ4v) is 4.19. The third kappa shape index (κ3) is 2.60. The number of hydrogen-bond donors (Lipinski definition) is 1. The second kappa shape index (κ2) is 5.22. The Morgan fingerprint density at radius 1 is 1.35 bits per heavy atom. The summed E-state index contributed by atoms with van der Waals surface area (Å²) in [5.74, 6) is -0.898. The molecule has 1 N–H and O–H groups in total. The summed E-state index contributed by atoms with van der Waals surface area (Å²) in [5, 5.41) is 6.98. The van der Waals surface area contributed by atoms with Crippen LogP contribution < -0.4 is 4.72 Å². The SMILES string of the molecule is CN1C(=O)CCC(NS(=O)(=O)c2c(Br)nnn2C)C1=O. The van der Waals surface area contributed by atoms with Crippen molar-refractivity contribution in [2.24, 2.45) is 7.05 Å². The van der Waals surface area contributed by atoms with Gasteiger partial charge in [0.25, 0.3) is 10.0 Å². The number of nitrogens with zero attached hydrogens (tertiary/aromatic N) is 4. The molecule has 9 nitrogen and oxygen atoms in total. The summed E-state index contributed by atoms with van der Waals surface area (Å²) in [4.78, 5) is 24.2. The molecule has 1 saturated heterocycles. The molecule has 0 aromatic carbocycles. The first-order chi connectivity index (χ1) is 9.24. The van der Waals surface area contributed by atoms with Gasteiger partial charge in [0.05, 0.1) is 0 Å². The van der Waals surface area contributed by atoms with Crippen molar-refractivity contribution in [2.45, 2.75) is 23.9 Å². The monoisotopic (exact) mass is 365 g/mol. The lowest BCUT2D eigenvalue weighted by Gasteiger charge is -2.27. The van der Waals surface area contributed by atoms with Crippen LogP contribution in [0.15, 0.2) is 9.63 Å². The molecule has 1 aromatic rings. The molecule has 0 spiro atoms. The highest BCUT2D eigenvalue weighted by molar-refractivity contribution is 9.10. The van der Waals surface area contributed by atoms with Crippen LogP contribution in [-0.2, 0) is 26.7 Å². The number of nitrogens with one attached hydrogen (secondary N) is 1. The van der Waals surface area contributed by atoms with E-state index in [1.54, 1.807) is 0 Å². The predicted octanol–water partition coefficient (Wildman–Crippen LogP) is -0.997. The lowest BCUT2D eigenvalue weighted by atomic mass is 10.1. The summed E-state index contributed by atoms with van der Waals surface area (Å²) in [6.45, 7) is 0. The molecule has 1 atom stereocenters. The van der Waals surface area contributed by atoms with Gasteiger partial charge in [-0.2, -0.15) is 4.72 Å². The Labute approximate surface area is 123 Å². The number of rotatable bonds is 3. The number of imide groups is 1. The average Bonchev–Trinajstić information content (AvgIpc) is 2.70. The van der Waals surface area contributed by atoms with E-state index in [0.717, 1.165) is 9.58 Å². The van der Waals surface area contributed by atoms with E-state index in [-0.39, 0.29) is 28.4 Å². The van der Waals surface area contributed by atoms with E-state index in [9.17, 15) is 18.0 Å². The third-order valence-corrected chi connectivity index (χ3v) is 5.30. The number of hydrogen-bond acceptors (Lipinski definition) is 6. The fraction of sp³-hybridized carbons (Fsp3) is 0.556. The van der Waals surface area contributed by atoms with E-state index < -0.39 is 22.0 Å². The first-order valence-electron chi connectivity index (χ1n) is 5.62. The first-order valence-corrected chi connectivity index (χ1v) is 7.89. The first kappa shape index (κ1) is 15.1. The van der Waals surface area contributed by atoms with Crippen LogP contribution in [-0.4, -0.2) is 53.2 Å². The van der Waals surface area contributed by atoms with Crippen molar-refractivity contribution < 1.29 is 18.0 Å². The number of aromatic nitrogens is 3. The van der Waals surface area contributed by atoms with Gasteiger partial charge in [-0.1, -0.05) is 5.21 Å². The van der Waals surface area contributed by atoms with Gasteiger partial charge in [0.2, 0.25) is 16.8 Å². The van der Waals surface area contributed by atoms with Crippen LogP contribution in [0.2, 0.25) is 0 Å². The maximum absolute atomic E-state index is 12.2. The van der Waals surface area contributed by atoms with Crippen LogP contribution >= 0.6 is 15.9 Å². The topological polar surface area (TPSA) is 114 Å². The highest BCUT2D eigenvalue weighted by atomic mass is 79.9. The molecular weight excluding hydrogens is 354 g/mol. The quantitative estimate of drug-likeness (QED) is 0.687. The molecule has 1 aromatic heterocycles. The summed E-state index contributed by atoms with van der Waals surface area (Å²) in [6, 6.07) is -0.968. The fourth-order valence-electron chi connectivity index (χ4n) is 1.88. The van der Waals surface area contributed by atoms with Crippen LogP contribution in [0.4, 0.5) is 0 Å². The second-order valence-corrected chi connectivity index (χ2v) is 6.69. The molecule has 20 heavy (non-hydrogen) atoms. The molecule has 0 saturated carbocycles. The van der Waals surface area contributed by atoms with Crippen molar-refractivity contribution in [3.05, 3.63) is 4.60 Å². The molecule has 110 valence electrons. The van der Waals surface area contributed by atoms with Gasteiger partial charge in [-0.15, -0.1) is 5.10 Å². The number of carbonyl (C=O) groups excluding carboxylic acids is 2. The molecule has 0 bridgehead atoms. The van der Waals surface area contributed by atoms with Gasteiger partial charge in [-0.05, 0) is 22.4 Å². The van der Waals surface area contributed by atoms with E-state index >= 15 is 0 Å². The van der Waals surface area contributed by atoms with E-state index in [1.165, 1.54) is 14.1 Å². The summed E-state index contributed by atoms with van der Waals surface area (Å²) in [7, 11) is -1.22. The highest BCUT2D eigenvalue weighted by Gasteiger charge is 2.36. The zero-order chi connectivity index (χ0) is 15.1. The van der Waals surface area contributed by atoms with Crippen molar-refractivity contribution in [2.75, 3.05) is 7.05 Å². The minimum Gasteiger partial charge on any atom is -0.284 e. The Bertz CT molecular complexity index is 650. The number of carbonyl (C=O) groups is 2. The van der Waals surface area contributed by atoms with Crippen LogP contribution in [0, 0.1) is 0 Å². The number of likely N-dealkylation sites (N-methyl/N-ethyl adjacent to an activating group) is 1. The Kier molecular flexibility index (Phi) is 3.93. The van der Waals surface area contributed by atoms with E-state index in [2.05, 4.69) is 31.0 Å². The van der Waals surface area contributed by atoms with Crippen molar-refractivity contribution >= 4 is 37.8 Å². The van der Waals surface area contributed by atoms with Gasteiger partial charge in [0.1, 0.15) is 6.04 Å². The number of halogens is 1. The number of sulfonamides is 1. The van der Waals surface area contributed by atoms with Crippen LogP contribution in [0.3, 0.4) is 0 Å². The lowest BCUT2D eigenvalue weighted by molar-refractivity contribution is -0.147. The van der Waals surface area contributed by atoms with Gasteiger partial charge < -0.3 is 0 Å². The standard InChI is InChI=1S/C9H12BrN5O4S/c1-14-6(16)4-3-5(8(14)17)12-20(18,19)9-7(10)11-13-15(9)2/h5,12H,3-4H2,1-2H3. The molecule has 1 aliphatic heterocycles. The Morgan fingerprint density at radius 3 is 2.55 bits per heavy atom. The van der Waals surface area contributed by atoms with Crippen molar-refractivity contribution in [1.82, 2.24) is 24.6 Å². The van der Waals surface area contributed by atoms with E-state index in [1.807, 2.05) is 0 Å². The predicted molar refractivity (Wildman–Crippen MR) is 69.8 cm³/mol. The Balaban J connectivity index is 2.26. The molecule has 2 amide bonds. The maximum atomic E-state index is 12.2. The minimum atomic E-state index is -3.97. The largest absolute Gasteiger partial charge is 0.284 e. The van der Waals surface area contributed by atoms with Crippen molar-refractivity contribution in [3.63, 3.8) is 0 Å². The Hall–Kier alpha value is -1.33. The lowest BCUT2D eigenvalue weighted by Crippen LogP contribution is -2.53. The number of likely N-dealkylation sites (tertiary alicyclic amines) is 1. The van der Waals surface area contributed by atoms with Crippen LogP contribution in [0.5, 0.6) is 0 Å².